The Kier molecular flexibility index (Phi) is 4.54. The number of piperazine rings is 1. The molecule has 1 aromatic rings. The van der Waals surface area contributed by atoms with E-state index in [-0.39, 0.29) is 11.9 Å². The van der Waals surface area contributed by atoms with Gasteiger partial charge in [0.2, 0.25) is 5.95 Å². The molecule has 2 rings (SSSR count). The van der Waals surface area contributed by atoms with Crippen LogP contribution in [0.15, 0.2) is 6.07 Å². The summed E-state index contributed by atoms with van der Waals surface area (Å²) in [5.41, 5.74) is 1.27. The smallest absolute Gasteiger partial charge is 0.270 e. The molecule has 0 unspecified atom stereocenters. The Bertz CT molecular complexity index is 480. The van der Waals surface area contributed by atoms with Crippen LogP contribution in [-0.2, 0) is 0 Å². The van der Waals surface area contributed by atoms with E-state index in [9.17, 15) is 4.79 Å². The summed E-state index contributed by atoms with van der Waals surface area (Å²) in [6.07, 6.45) is 0. The molecular weight excluding hydrogens is 254 g/mol. The molecule has 0 radical (unpaired) electrons. The zero-order chi connectivity index (χ0) is 14.7. The lowest BCUT2D eigenvalue weighted by molar-refractivity contribution is 0.0938. The Labute approximate surface area is 120 Å². The van der Waals surface area contributed by atoms with Gasteiger partial charge in [-0.05, 0) is 33.9 Å². The van der Waals surface area contributed by atoms with Crippen LogP contribution in [0.2, 0.25) is 0 Å². The minimum atomic E-state index is -0.138. The molecule has 0 aromatic carbocycles. The van der Waals surface area contributed by atoms with E-state index in [1.54, 1.807) is 6.07 Å². The van der Waals surface area contributed by atoms with Gasteiger partial charge >= 0.3 is 0 Å². The Morgan fingerprint density at radius 3 is 2.50 bits per heavy atom. The van der Waals surface area contributed by atoms with Crippen LogP contribution in [0.25, 0.3) is 0 Å². The predicted octanol–water partition coefficient (Wildman–Crippen LogP) is 0.675. The summed E-state index contributed by atoms with van der Waals surface area (Å²) < 4.78 is 0. The number of likely N-dealkylation sites (N-methyl/N-ethyl adjacent to an activating group) is 1. The topological polar surface area (TPSA) is 61.4 Å². The second kappa shape index (κ2) is 6.17. The van der Waals surface area contributed by atoms with E-state index in [0.29, 0.717) is 11.6 Å². The van der Waals surface area contributed by atoms with Crippen molar-refractivity contribution in [2.75, 3.05) is 38.1 Å². The molecule has 0 saturated carbocycles. The Morgan fingerprint density at radius 1 is 1.25 bits per heavy atom. The summed E-state index contributed by atoms with van der Waals surface area (Å²) in [4.78, 5) is 25.4. The molecule has 1 N–H and O–H groups in total. The first kappa shape index (κ1) is 14.7. The Hall–Kier alpha value is -1.69. The van der Waals surface area contributed by atoms with Crippen molar-refractivity contribution in [2.45, 2.75) is 26.8 Å². The third kappa shape index (κ3) is 3.66. The number of nitrogens with one attached hydrogen (secondary N) is 1. The third-order valence-electron chi connectivity index (χ3n) is 3.28. The van der Waals surface area contributed by atoms with Gasteiger partial charge in [-0.15, -0.1) is 0 Å². The van der Waals surface area contributed by atoms with Crippen LogP contribution in [0, 0.1) is 6.92 Å². The number of aromatic nitrogens is 2. The zero-order valence-corrected chi connectivity index (χ0v) is 12.7. The molecule has 1 aliphatic rings. The van der Waals surface area contributed by atoms with Gasteiger partial charge in [0.1, 0.15) is 5.69 Å². The molecule has 1 amide bonds. The van der Waals surface area contributed by atoms with E-state index in [1.807, 2.05) is 20.8 Å². The fourth-order valence-corrected chi connectivity index (χ4v) is 2.15. The van der Waals surface area contributed by atoms with E-state index in [0.717, 1.165) is 31.9 Å². The van der Waals surface area contributed by atoms with Crippen molar-refractivity contribution in [1.29, 1.82) is 0 Å². The molecule has 20 heavy (non-hydrogen) atoms. The SMILES string of the molecule is Cc1cc(C(=O)NC(C)C)nc(N2CCN(C)CC2)n1. The third-order valence-corrected chi connectivity index (χ3v) is 3.28. The van der Waals surface area contributed by atoms with Gasteiger partial charge in [-0.25, -0.2) is 9.97 Å². The number of anilines is 1. The molecule has 6 heteroatoms. The van der Waals surface area contributed by atoms with E-state index >= 15 is 0 Å². The molecular formula is C14H23N5O. The van der Waals surface area contributed by atoms with Gasteiger partial charge in [0, 0.05) is 37.9 Å². The van der Waals surface area contributed by atoms with Crippen molar-refractivity contribution in [3.8, 4) is 0 Å². The van der Waals surface area contributed by atoms with E-state index in [1.165, 1.54) is 0 Å². The zero-order valence-electron chi connectivity index (χ0n) is 12.7. The average Bonchev–Trinajstić information content (AvgIpc) is 2.38. The monoisotopic (exact) mass is 277 g/mol. The van der Waals surface area contributed by atoms with Gasteiger partial charge in [0.05, 0.1) is 0 Å². The van der Waals surface area contributed by atoms with Gasteiger partial charge < -0.3 is 15.1 Å². The molecule has 1 saturated heterocycles. The summed E-state index contributed by atoms with van der Waals surface area (Å²) in [5, 5.41) is 2.87. The number of carbonyl (C=O) groups is 1. The molecule has 1 aliphatic heterocycles. The van der Waals surface area contributed by atoms with Crippen LogP contribution >= 0.6 is 0 Å². The van der Waals surface area contributed by atoms with Crippen LogP contribution in [0.3, 0.4) is 0 Å². The number of rotatable bonds is 3. The van der Waals surface area contributed by atoms with Crippen LogP contribution in [0.1, 0.15) is 30.0 Å². The highest BCUT2D eigenvalue weighted by atomic mass is 16.1. The summed E-state index contributed by atoms with van der Waals surface area (Å²) in [5.74, 6) is 0.521. The van der Waals surface area contributed by atoms with Gasteiger partial charge in [-0.3, -0.25) is 4.79 Å². The van der Waals surface area contributed by atoms with Crippen molar-refractivity contribution in [3.05, 3.63) is 17.5 Å². The normalized spacial score (nSPS) is 16.6. The Balaban J connectivity index is 2.18. The molecule has 0 aliphatic carbocycles. The van der Waals surface area contributed by atoms with Crippen molar-refractivity contribution in [2.24, 2.45) is 0 Å². The number of carbonyl (C=O) groups excluding carboxylic acids is 1. The molecule has 2 heterocycles. The quantitative estimate of drug-likeness (QED) is 0.880. The standard InChI is InChI=1S/C14H23N5O/c1-10(2)15-13(20)12-9-11(3)16-14(17-12)19-7-5-18(4)6-8-19/h9-10H,5-8H2,1-4H3,(H,15,20). The highest BCUT2D eigenvalue weighted by Crippen LogP contribution is 2.12. The fourth-order valence-electron chi connectivity index (χ4n) is 2.15. The molecule has 1 fully saturated rings. The predicted molar refractivity (Wildman–Crippen MR) is 79.1 cm³/mol. The summed E-state index contributed by atoms with van der Waals surface area (Å²) in [6.45, 7) is 9.54. The molecule has 0 atom stereocenters. The number of aryl methyl sites for hydroxylation is 1. The average molecular weight is 277 g/mol. The minimum Gasteiger partial charge on any atom is -0.349 e. The second-order valence-electron chi connectivity index (χ2n) is 5.61. The number of hydrogen-bond donors (Lipinski definition) is 1. The first-order chi connectivity index (χ1) is 9.45. The van der Waals surface area contributed by atoms with Crippen molar-refractivity contribution < 1.29 is 4.79 Å². The fraction of sp³-hybridized carbons (Fsp3) is 0.643. The van der Waals surface area contributed by atoms with Gasteiger partial charge in [0.25, 0.3) is 5.91 Å². The van der Waals surface area contributed by atoms with Gasteiger partial charge in [0.15, 0.2) is 0 Å². The summed E-state index contributed by atoms with van der Waals surface area (Å²) >= 11 is 0. The lowest BCUT2D eigenvalue weighted by Crippen LogP contribution is -2.45. The van der Waals surface area contributed by atoms with Crippen LogP contribution < -0.4 is 10.2 Å². The molecule has 0 spiro atoms. The number of amides is 1. The first-order valence-electron chi connectivity index (χ1n) is 7.06. The maximum atomic E-state index is 12.1. The Morgan fingerprint density at radius 2 is 1.90 bits per heavy atom. The maximum Gasteiger partial charge on any atom is 0.270 e. The molecule has 110 valence electrons. The minimum absolute atomic E-state index is 0.102. The highest BCUT2D eigenvalue weighted by Gasteiger charge is 2.19. The van der Waals surface area contributed by atoms with Crippen molar-refractivity contribution in [3.63, 3.8) is 0 Å². The second-order valence-corrected chi connectivity index (χ2v) is 5.61. The number of hydrogen-bond acceptors (Lipinski definition) is 5. The first-order valence-corrected chi connectivity index (χ1v) is 7.06. The molecule has 1 aromatic heterocycles. The van der Waals surface area contributed by atoms with Crippen LogP contribution in [-0.4, -0.2) is 60.0 Å². The maximum absolute atomic E-state index is 12.1. The van der Waals surface area contributed by atoms with Crippen molar-refractivity contribution in [1.82, 2.24) is 20.2 Å². The lowest BCUT2D eigenvalue weighted by atomic mass is 10.3. The molecule has 6 nitrogen and oxygen atoms in total. The largest absolute Gasteiger partial charge is 0.349 e. The van der Waals surface area contributed by atoms with Crippen LogP contribution in [0.5, 0.6) is 0 Å². The summed E-state index contributed by atoms with van der Waals surface area (Å²) in [6, 6.07) is 1.84. The van der Waals surface area contributed by atoms with E-state index in [2.05, 4.69) is 32.1 Å². The van der Waals surface area contributed by atoms with Crippen molar-refractivity contribution >= 4 is 11.9 Å². The lowest BCUT2D eigenvalue weighted by Gasteiger charge is -2.32. The van der Waals surface area contributed by atoms with E-state index < -0.39 is 0 Å². The molecule has 0 bridgehead atoms. The van der Waals surface area contributed by atoms with Gasteiger partial charge in [-0.1, -0.05) is 0 Å². The van der Waals surface area contributed by atoms with Gasteiger partial charge in [-0.2, -0.15) is 0 Å². The highest BCUT2D eigenvalue weighted by molar-refractivity contribution is 5.92. The van der Waals surface area contributed by atoms with E-state index in [4.69, 9.17) is 0 Å². The van der Waals surface area contributed by atoms with Crippen LogP contribution in [0.4, 0.5) is 5.95 Å². The summed E-state index contributed by atoms with van der Waals surface area (Å²) in [7, 11) is 2.11. The number of nitrogens with zero attached hydrogens (tertiary/aromatic N) is 4.